The number of fused-ring (bicyclic) bond motifs is 1. The zero-order valence-corrected chi connectivity index (χ0v) is 19.9. The Hall–Kier alpha value is -5.12. The molecule has 10 heteroatoms. The Bertz CT molecular complexity index is 1400. The number of non-ortho nitro benzene ring substituents is 2. The second-order valence-electron chi connectivity index (χ2n) is 7.96. The van der Waals surface area contributed by atoms with E-state index in [4.69, 9.17) is 14.2 Å². The zero-order valence-electron chi connectivity index (χ0n) is 19.9. The molecule has 188 valence electrons. The lowest BCUT2D eigenvalue weighted by molar-refractivity contribution is -0.385. The molecule has 0 bridgehead atoms. The summed E-state index contributed by atoms with van der Waals surface area (Å²) in [6.45, 7) is 6.38. The molecular formula is C27H23N3O7. The van der Waals surface area contributed by atoms with Gasteiger partial charge in [-0.05, 0) is 48.9 Å². The minimum Gasteiger partial charge on any atom is -0.492 e. The number of ether oxygens (including phenoxy) is 3. The summed E-state index contributed by atoms with van der Waals surface area (Å²) in [6.07, 6.45) is 4.90. The summed E-state index contributed by atoms with van der Waals surface area (Å²) in [5.74, 6) is 2.10. The lowest BCUT2D eigenvalue weighted by atomic mass is 10.2. The highest BCUT2D eigenvalue weighted by Crippen LogP contribution is 2.41. The second-order valence-corrected chi connectivity index (χ2v) is 7.96. The molecule has 0 N–H and O–H groups in total. The maximum Gasteiger partial charge on any atom is 0.273 e. The monoisotopic (exact) mass is 501 g/mol. The molecule has 0 radical (unpaired) electrons. The minimum absolute atomic E-state index is 0.0786. The first-order valence-electron chi connectivity index (χ1n) is 11.2. The van der Waals surface area contributed by atoms with Crippen molar-refractivity contribution in [3.63, 3.8) is 0 Å². The summed E-state index contributed by atoms with van der Waals surface area (Å²) < 4.78 is 17.4. The number of hydrogen-bond acceptors (Lipinski definition) is 8. The predicted octanol–water partition coefficient (Wildman–Crippen LogP) is 6.08. The Kier molecular flexibility index (Phi) is 7.48. The number of nitrogens with zero attached hydrogens (tertiary/aromatic N) is 3. The van der Waals surface area contributed by atoms with Gasteiger partial charge in [-0.3, -0.25) is 20.2 Å². The molecule has 0 saturated carbocycles. The van der Waals surface area contributed by atoms with Crippen LogP contribution in [0.5, 0.6) is 17.2 Å². The highest BCUT2D eigenvalue weighted by molar-refractivity contribution is 5.69. The Labute approximate surface area is 212 Å². The molecule has 4 rings (SSSR count). The molecule has 1 heterocycles. The number of nitro benzene ring substituents is 2. The molecule has 10 nitrogen and oxygen atoms in total. The molecule has 1 aliphatic heterocycles. The van der Waals surface area contributed by atoms with E-state index in [2.05, 4.69) is 6.58 Å². The van der Waals surface area contributed by atoms with Crippen LogP contribution < -0.4 is 19.1 Å². The van der Waals surface area contributed by atoms with E-state index in [9.17, 15) is 20.2 Å². The molecule has 37 heavy (non-hydrogen) atoms. The SMILES string of the molecule is C=C(/C=C/C=C1\Oc2cc([N+](=O)[O-])ccc2N1CCOc1ccccc1)Oc1cc([N+](=O)[O-])ccc1C. The quantitative estimate of drug-likeness (QED) is 0.142. The van der Waals surface area contributed by atoms with E-state index in [1.165, 1.54) is 24.3 Å². The van der Waals surface area contributed by atoms with Gasteiger partial charge in [0.1, 0.15) is 23.9 Å². The summed E-state index contributed by atoms with van der Waals surface area (Å²) in [7, 11) is 0. The molecule has 1 aliphatic rings. The molecule has 0 spiro atoms. The molecule has 0 aromatic heterocycles. The fraction of sp³-hybridized carbons (Fsp3) is 0.111. The summed E-state index contributed by atoms with van der Waals surface area (Å²) in [5.41, 5.74) is 1.23. The topological polar surface area (TPSA) is 117 Å². The Morgan fingerprint density at radius 2 is 1.73 bits per heavy atom. The fourth-order valence-electron chi connectivity index (χ4n) is 3.56. The Morgan fingerprint density at radius 3 is 2.46 bits per heavy atom. The van der Waals surface area contributed by atoms with Gasteiger partial charge in [-0.25, -0.2) is 0 Å². The van der Waals surface area contributed by atoms with Crippen LogP contribution >= 0.6 is 0 Å². The lowest BCUT2D eigenvalue weighted by Crippen LogP contribution is -2.25. The van der Waals surface area contributed by atoms with Gasteiger partial charge in [0.05, 0.1) is 34.2 Å². The average molecular weight is 501 g/mol. The maximum atomic E-state index is 11.2. The highest BCUT2D eigenvalue weighted by atomic mass is 16.6. The van der Waals surface area contributed by atoms with Crippen molar-refractivity contribution in [2.75, 3.05) is 18.1 Å². The number of para-hydroxylation sites is 1. The van der Waals surface area contributed by atoms with Gasteiger partial charge in [-0.1, -0.05) is 30.9 Å². The van der Waals surface area contributed by atoms with Gasteiger partial charge >= 0.3 is 0 Å². The molecular weight excluding hydrogens is 478 g/mol. The molecule has 0 atom stereocenters. The summed E-state index contributed by atoms with van der Waals surface area (Å²) >= 11 is 0. The van der Waals surface area contributed by atoms with Crippen LogP contribution in [0.25, 0.3) is 0 Å². The van der Waals surface area contributed by atoms with Crippen molar-refractivity contribution in [3.8, 4) is 17.2 Å². The number of hydrogen-bond donors (Lipinski definition) is 0. The first-order valence-corrected chi connectivity index (χ1v) is 11.2. The number of rotatable bonds is 10. The molecule has 3 aromatic carbocycles. The van der Waals surface area contributed by atoms with Gasteiger partial charge < -0.3 is 19.1 Å². The number of benzene rings is 3. The van der Waals surface area contributed by atoms with Crippen LogP contribution in [0, 0.1) is 27.2 Å². The van der Waals surface area contributed by atoms with Crippen LogP contribution in [-0.4, -0.2) is 23.0 Å². The number of aryl methyl sites for hydroxylation is 1. The number of anilines is 1. The molecule has 3 aromatic rings. The standard InChI is InChI=1S/C27H23N3O7/c1-19-11-12-21(29(31)32)17-25(19)36-20(2)7-6-10-27-28(15-16-35-23-8-4-3-5-9-23)24-14-13-22(30(33)34)18-26(24)37-27/h3-14,17-18H,2,15-16H2,1H3/b7-6+,27-10-. The van der Waals surface area contributed by atoms with Crippen LogP contribution in [0.3, 0.4) is 0 Å². The van der Waals surface area contributed by atoms with E-state index < -0.39 is 9.85 Å². The molecule has 0 aliphatic carbocycles. The molecule has 0 unspecified atom stereocenters. The van der Waals surface area contributed by atoms with Crippen molar-refractivity contribution in [2.24, 2.45) is 0 Å². The third kappa shape index (κ3) is 6.12. The molecule has 0 saturated heterocycles. The molecule has 0 fully saturated rings. The number of allylic oxidation sites excluding steroid dienone is 3. The van der Waals surface area contributed by atoms with Gasteiger partial charge in [-0.15, -0.1) is 0 Å². The van der Waals surface area contributed by atoms with Crippen LogP contribution in [0.2, 0.25) is 0 Å². The fourth-order valence-corrected chi connectivity index (χ4v) is 3.56. The smallest absolute Gasteiger partial charge is 0.273 e. The van der Waals surface area contributed by atoms with E-state index in [1.807, 2.05) is 35.2 Å². The summed E-state index contributed by atoms with van der Waals surface area (Å²) in [5, 5.41) is 22.3. The van der Waals surface area contributed by atoms with Gasteiger partial charge in [0.2, 0.25) is 5.88 Å². The third-order valence-corrected chi connectivity index (χ3v) is 5.40. The van der Waals surface area contributed by atoms with Crippen molar-refractivity contribution in [1.82, 2.24) is 0 Å². The van der Waals surface area contributed by atoms with Crippen molar-refractivity contribution in [3.05, 3.63) is 129 Å². The van der Waals surface area contributed by atoms with E-state index in [1.54, 1.807) is 37.3 Å². The average Bonchev–Trinajstić information content (AvgIpc) is 3.22. The van der Waals surface area contributed by atoms with Crippen LogP contribution in [0.1, 0.15) is 5.56 Å². The van der Waals surface area contributed by atoms with Gasteiger partial charge in [0, 0.05) is 12.1 Å². The Morgan fingerprint density at radius 1 is 1.03 bits per heavy atom. The van der Waals surface area contributed by atoms with Crippen LogP contribution in [0.4, 0.5) is 17.1 Å². The van der Waals surface area contributed by atoms with Gasteiger partial charge in [-0.2, -0.15) is 0 Å². The van der Waals surface area contributed by atoms with Crippen molar-refractivity contribution >= 4 is 17.1 Å². The number of nitro groups is 2. The van der Waals surface area contributed by atoms with Crippen molar-refractivity contribution < 1.29 is 24.1 Å². The molecule has 0 amide bonds. The first-order chi connectivity index (χ1) is 17.8. The van der Waals surface area contributed by atoms with Crippen LogP contribution in [0.15, 0.2) is 103 Å². The lowest BCUT2D eigenvalue weighted by Gasteiger charge is -2.18. The summed E-state index contributed by atoms with van der Waals surface area (Å²) in [6, 6.07) is 18.1. The van der Waals surface area contributed by atoms with E-state index in [0.717, 1.165) is 11.3 Å². The highest BCUT2D eigenvalue weighted by Gasteiger charge is 2.28. The van der Waals surface area contributed by atoms with E-state index in [-0.39, 0.29) is 17.1 Å². The largest absolute Gasteiger partial charge is 0.492 e. The third-order valence-electron chi connectivity index (χ3n) is 5.40. The van der Waals surface area contributed by atoms with Crippen molar-refractivity contribution in [2.45, 2.75) is 6.92 Å². The minimum atomic E-state index is -0.495. The van der Waals surface area contributed by atoms with Crippen molar-refractivity contribution in [1.29, 1.82) is 0 Å². The second kappa shape index (κ2) is 11.1. The van der Waals surface area contributed by atoms with E-state index in [0.29, 0.717) is 36.2 Å². The normalized spacial score (nSPS) is 13.3. The van der Waals surface area contributed by atoms with Gasteiger partial charge in [0.15, 0.2) is 5.75 Å². The predicted molar refractivity (Wildman–Crippen MR) is 138 cm³/mol. The Balaban J connectivity index is 1.49. The maximum absolute atomic E-state index is 11.2. The zero-order chi connectivity index (χ0) is 26.4. The van der Waals surface area contributed by atoms with E-state index >= 15 is 0 Å². The van der Waals surface area contributed by atoms with Crippen LogP contribution in [-0.2, 0) is 0 Å². The first kappa shape index (κ1) is 25.0. The summed E-state index contributed by atoms with van der Waals surface area (Å²) in [4.78, 5) is 23.1. The van der Waals surface area contributed by atoms with Gasteiger partial charge in [0.25, 0.3) is 11.4 Å².